The molecule has 1 aliphatic carbocycles. The van der Waals surface area contributed by atoms with E-state index in [0.29, 0.717) is 10.9 Å². The third-order valence-corrected chi connectivity index (χ3v) is 2.72. The van der Waals surface area contributed by atoms with Gasteiger partial charge < -0.3 is 10.5 Å². The summed E-state index contributed by atoms with van der Waals surface area (Å²) in [7, 11) is 1.29. The summed E-state index contributed by atoms with van der Waals surface area (Å²) in [6.45, 7) is 0. The zero-order valence-corrected chi connectivity index (χ0v) is 9.04. The van der Waals surface area contributed by atoms with Crippen molar-refractivity contribution < 1.29 is 9.53 Å². The number of nitrogen functional groups attached to an aromatic ring is 1. The van der Waals surface area contributed by atoms with E-state index in [-0.39, 0.29) is 11.4 Å². The molecule has 2 N–H and O–H groups in total. The van der Waals surface area contributed by atoms with Crippen LogP contribution >= 0.6 is 11.6 Å². The number of carbonyl (C=O) groups is 1. The molecule has 4 nitrogen and oxygen atoms in total. The molecule has 15 heavy (non-hydrogen) atoms. The summed E-state index contributed by atoms with van der Waals surface area (Å²) in [4.78, 5) is 15.5. The Morgan fingerprint density at radius 3 is 2.87 bits per heavy atom. The van der Waals surface area contributed by atoms with Gasteiger partial charge >= 0.3 is 5.97 Å². The molecule has 0 saturated heterocycles. The molecule has 0 bridgehead atoms. The molecular formula is C10H11ClN2O2. The van der Waals surface area contributed by atoms with Crippen LogP contribution in [0.3, 0.4) is 0 Å². The minimum atomic E-state index is -0.545. The zero-order chi connectivity index (χ0) is 11.0. The van der Waals surface area contributed by atoms with Crippen LogP contribution in [0.5, 0.6) is 0 Å². The average Bonchev–Trinajstić information content (AvgIpc) is 3.04. The molecule has 5 heteroatoms. The van der Waals surface area contributed by atoms with Crippen molar-refractivity contribution in [3.63, 3.8) is 0 Å². The summed E-state index contributed by atoms with van der Waals surface area (Å²) < 4.78 is 4.59. The maximum atomic E-state index is 11.4. The molecule has 1 saturated carbocycles. The molecule has 0 atom stereocenters. The van der Waals surface area contributed by atoms with Crippen LogP contribution in [-0.2, 0) is 4.74 Å². The standard InChI is InChI=1S/C10H11ClN2O2/c1-15-10(14)9-8(12)6(11)4-7(13-9)5-2-3-5/h4-5H,2-3,12H2,1H3. The Bertz CT molecular complexity index is 416. The second-order valence-electron chi connectivity index (χ2n) is 3.56. The van der Waals surface area contributed by atoms with Gasteiger partial charge in [-0.15, -0.1) is 0 Å². The molecule has 0 aliphatic heterocycles. The summed E-state index contributed by atoms with van der Waals surface area (Å²) in [5, 5.41) is 0.368. The highest BCUT2D eigenvalue weighted by Gasteiger charge is 2.27. The molecule has 0 aromatic carbocycles. The number of methoxy groups -OCH3 is 1. The van der Waals surface area contributed by atoms with E-state index in [1.54, 1.807) is 6.07 Å². The monoisotopic (exact) mass is 226 g/mol. The van der Waals surface area contributed by atoms with Crippen LogP contribution in [0, 0.1) is 0 Å². The second kappa shape index (κ2) is 3.70. The van der Waals surface area contributed by atoms with Crippen LogP contribution in [0.15, 0.2) is 6.07 Å². The Labute approximate surface area is 92.4 Å². The molecule has 0 amide bonds. The van der Waals surface area contributed by atoms with E-state index in [1.165, 1.54) is 7.11 Å². The molecule has 80 valence electrons. The third kappa shape index (κ3) is 1.90. The van der Waals surface area contributed by atoms with Gasteiger partial charge in [0.25, 0.3) is 0 Å². The third-order valence-electron chi connectivity index (χ3n) is 2.40. The zero-order valence-electron chi connectivity index (χ0n) is 8.29. The summed E-state index contributed by atoms with van der Waals surface area (Å²) in [5.41, 5.74) is 6.79. The molecule has 1 aliphatic rings. The fourth-order valence-electron chi connectivity index (χ4n) is 1.38. The lowest BCUT2D eigenvalue weighted by Crippen LogP contribution is -2.10. The van der Waals surface area contributed by atoms with Crippen LogP contribution in [0.2, 0.25) is 5.02 Å². The smallest absolute Gasteiger partial charge is 0.358 e. The van der Waals surface area contributed by atoms with E-state index in [9.17, 15) is 4.79 Å². The lowest BCUT2D eigenvalue weighted by molar-refractivity contribution is 0.0595. The quantitative estimate of drug-likeness (QED) is 0.784. The van der Waals surface area contributed by atoms with Crippen molar-refractivity contribution in [1.29, 1.82) is 0 Å². The number of hydrogen-bond donors (Lipinski definition) is 1. The number of pyridine rings is 1. The number of aromatic nitrogens is 1. The number of anilines is 1. The molecule has 1 heterocycles. The van der Waals surface area contributed by atoms with Gasteiger partial charge in [-0.05, 0) is 18.9 Å². The van der Waals surface area contributed by atoms with Gasteiger partial charge in [0.15, 0.2) is 5.69 Å². The van der Waals surface area contributed by atoms with Crippen LogP contribution < -0.4 is 5.73 Å². The number of nitrogens with zero attached hydrogens (tertiary/aromatic N) is 1. The summed E-state index contributed by atoms with van der Waals surface area (Å²) in [5.74, 6) is -0.122. The van der Waals surface area contributed by atoms with E-state index in [2.05, 4.69) is 9.72 Å². The number of esters is 1. The summed E-state index contributed by atoms with van der Waals surface area (Å²) >= 11 is 5.92. The van der Waals surface area contributed by atoms with Gasteiger partial charge in [-0.25, -0.2) is 9.78 Å². The Hall–Kier alpha value is -1.29. The van der Waals surface area contributed by atoms with Crippen LogP contribution in [0.1, 0.15) is 34.9 Å². The SMILES string of the molecule is COC(=O)c1nc(C2CC2)cc(Cl)c1N. The van der Waals surface area contributed by atoms with Crippen LogP contribution in [0.4, 0.5) is 5.69 Å². The van der Waals surface area contributed by atoms with E-state index >= 15 is 0 Å². The van der Waals surface area contributed by atoms with Gasteiger partial charge in [0.05, 0.1) is 17.8 Å². The number of carbonyl (C=O) groups excluding carboxylic acids is 1. The van der Waals surface area contributed by atoms with Crippen LogP contribution in [0.25, 0.3) is 0 Å². The van der Waals surface area contributed by atoms with Crippen molar-refractivity contribution in [3.05, 3.63) is 22.5 Å². The first-order valence-electron chi connectivity index (χ1n) is 4.67. The molecule has 1 aromatic rings. The van der Waals surface area contributed by atoms with Crippen LogP contribution in [-0.4, -0.2) is 18.1 Å². The van der Waals surface area contributed by atoms with E-state index < -0.39 is 5.97 Å². The number of rotatable bonds is 2. The predicted molar refractivity (Wildman–Crippen MR) is 57.0 cm³/mol. The van der Waals surface area contributed by atoms with Crippen molar-refractivity contribution in [2.24, 2.45) is 0 Å². The number of nitrogens with two attached hydrogens (primary N) is 1. The number of ether oxygens (including phenoxy) is 1. The maximum Gasteiger partial charge on any atom is 0.358 e. The number of halogens is 1. The first-order valence-corrected chi connectivity index (χ1v) is 5.05. The summed E-state index contributed by atoms with van der Waals surface area (Å²) in [6.07, 6.45) is 2.18. The van der Waals surface area contributed by atoms with Gasteiger partial charge in [-0.2, -0.15) is 0 Å². The first kappa shape index (κ1) is 10.2. The highest BCUT2D eigenvalue weighted by molar-refractivity contribution is 6.33. The fourth-order valence-corrected chi connectivity index (χ4v) is 1.58. The predicted octanol–water partition coefficient (Wildman–Crippen LogP) is 1.98. The van der Waals surface area contributed by atoms with Crippen molar-refractivity contribution in [2.45, 2.75) is 18.8 Å². The largest absolute Gasteiger partial charge is 0.464 e. The second-order valence-corrected chi connectivity index (χ2v) is 3.96. The molecular weight excluding hydrogens is 216 g/mol. The Morgan fingerprint density at radius 2 is 2.33 bits per heavy atom. The van der Waals surface area contributed by atoms with E-state index in [4.69, 9.17) is 17.3 Å². The van der Waals surface area contributed by atoms with Crippen molar-refractivity contribution in [1.82, 2.24) is 4.98 Å². The van der Waals surface area contributed by atoms with Gasteiger partial charge in [0, 0.05) is 11.6 Å². The molecule has 0 radical (unpaired) electrons. The Balaban J connectivity index is 2.46. The Morgan fingerprint density at radius 1 is 1.67 bits per heavy atom. The number of hydrogen-bond acceptors (Lipinski definition) is 4. The van der Waals surface area contributed by atoms with Gasteiger partial charge in [-0.1, -0.05) is 11.6 Å². The van der Waals surface area contributed by atoms with Gasteiger partial charge in [0.1, 0.15) is 0 Å². The Kier molecular flexibility index (Phi) is 2.52. The lowest BCUT2D eigenvalue weighted by Gasteiger charge is -2.07. The lowest BCUT2D eigenvalue weighted by atomic mass is 10.2. The first-order chi connectivity index (χ1) is 7.13. The topological polar surface area (TPSA) is 65.2 Å². The van der Waals surface area contributed by atoms with Crippen molar-refractivity contribution >= 4 is 23.3 Å². The van der Waals surface area contributed by atoms with E-state index in [0.717, 1.165) is 18.5 Å². The normalized spacial score (nSPS) is 15.1. The molecule has 0 spiro atoms. The fraction of sp³-hybridized carbons (Fsp3) is 0.400. The molecule has 1 aromatic heterocycles. The minimum Gasteiger partial charge on any atom is -0.464 e. The maximum absolute atomic E-state index is 11.4. The minimum absolute atomic E-state index is 0.118. The highest BCUT2D eigenvalue weighted by atomic mass is 35.5. The highest BCUT2D eigenvalue weighted by Crippen LogP contribution is 2.40. The van der Waals surface area contributed by atoms with Gasteiger partial charge in [0.2, 0.25) is 0 Å². The van der Waals surface area contributed by atoms with Crippen molar-refractivity contribution in [2.75, 3.05) is 12.8 Å². The summed E-state index contributed by atoms with van der Waals surface area (Å²) in [6, 6.07) is 1.72. The van der Waals surface area contributed by atoms with Crippen molar-refractivity contribution in [3.8, 4) is 0 Å². The molecule has 1 fully saturated rings. The molecule has 2 rings (SSSR count). The molecule has 0 unspecified atom stereocenters. The average molecular weight is 227 g/mol. The van der Waals surface area contributed by atoms with E-state index in [1.807, 2.05) is 0 Å². The van der Waals surface area contributed by atoms with Gasteiger partial charge in [-0.3, -0.25) is 0 Å².